The Morgan fingerprint density at radius 1 is 1.35 bits per heavy atom. The van der Waals surface area contributed by atoms with Crippen molar-refractivity contribution in [3.8, 4) is 0 Å². The maximum atomic E-state index is 11.9. The fraction of sp³-hybridized carbons (Fsp3) is 0. The molecule has 0 bridgehead atoms. The maximum Gasteiger partial charge on any atom is 0.283 e. The molecule has 3 N–H and O–H groups in total. The van der Waals surface area contributed by atoms with Crippen LogP contribution in [0.3, 0.4) is 0 Å². The molecule has 0 fully saturated rings. The van der Waals surface area contributed by atoms with E-state index in [1.165, 1.54) is 30.5 Å². The van der Waals surface area contributed by atoms with Crippen LogP contribution in [0.4, 0.5) is 17.1 Å². The van der Waals surface area contributed by atoms with Crippen LogP contribution in [0.15, 0.2) is 41.0 Å². The minimum Gasteiger partial charge on any atom is -0.397 e. The highest BCUT2D eigenvalue weighted by atomic mass is 79.9. The molecule has 0 aliphatic rings. The molecule has 0 saturated heterocycles. The number of carbonyl (C=O) groups is 1. The molecule has 0 saturated carbocycles. The molecule has 0 radical (unpaired) electrons. The number of nitrogens with two attached hydrogens (primary N) is 1. The van der Waals surface area contributed by atoms with Gasteiger partial charge in [-0.1, -0.05) is 0 Å². The van der Waals surface area contributed by atoms with Crippen LogP contribution in [0.2, 0.25) is 0 Å². The van der Waals surface area contributed by atoms with Gasteiger partial charge in [-0.15, -0.1) is 0 Å². The predicted octanol–water partition coefficient (Wildman–Crippen LogP) is 2.59. The second-order valence-corrected chi connectivity index (χ2v) is 4.71. The van der Waals surface area contributed by atoms with Gasteiger partial charge >= 0.3 is 0 Å². The quantitative estimate of drug-likeness (QED) is 0.660. The van der Waals surface area contributed by atoms with Gasteiger partial charge in [0.25, 0.3) is 11.6 Å². The Bertz CT molecular complexity index is 673. The van der Waals surface area contributed by atoms with Crippen molar-refractivity contribution in [2.45, 2.75) is 0 Å². The molecule has 1 aromatic heterocycles. The fourth-order valence-corrected chi connectivity index (χ4v) is 1.99. The molecule has 2 aromatic rings. The Morgan fingerprint density at radius 2 is 2.10 bits per heavy atom. The number of carbonyl (C=O) groups excluding carboxylic acids is 1. The first-order valence-electron chi connectivity index (χ1n) is 5.44. The number of amides is 1. The minimum absolute atomic E-state index is 0.0754. The summed E-state index contributed by atoms with van der Waals surface area (Å²) in [6, 6.07) is 7.25. The lowest BCUT2D eigenvalue weighted by molar-refractivity contribution is -0.385. The van der Waals surface area contributed by atoms with Gasteiger partial charge in [-0.25, -0.2) is 4.98 Å². The van der Waals surface area contributed by atoms with Crippen LogP contribution < -0.4 is 11.1 Å². The van der Waals surface area contributed by atoms with Gasteiger partial charge in [-0.2, -0.15) is 0 Å². The first-order chi connectivity index (χ1) is 9.47. The number of nitrogens with zero attached hydrogens (tertiary/aromatic N) is 2. The van der Waals surface area contributed by atoms with Gasteiger partial charge < -0.3 is 11.1 Å². The molecule has 1 heterocycles. The van der Waals surface area contributed by atoms with E-state index in [-0.39, 0.29) is 15.9 Å². The zero-order chi connectivity index (χ0) is 14.7. The van der Waals surface area contributed by atoms with Crippen molar-refractivity contribution < 1.29 is 9.72 Å². The van der Waals surface area contributed by atoms with Gasteiger partial charge in [-0.05, 0) is 40.2 Å². The highest BCUT2D eigenvalue weighted by molar-refractivity contribution is 9.10. The monoisotopic (exact) mass is 336 g/mol. The molecule has 1 aromatic carbocycles. The lowest BCUT2D eigenvalue weighted by Crippen LogP contribution is -2.13. The topological polar surface area (TPSA) is 111 Å². The number of halogens is 1. The number of aromatic nitrogens is 1. The molecule has 0 aliphatic carbocycles. The number of hydrogen-bond acceptors (Lipinski definition) is 5. The highest BCUT2D eigenvalue weighted by Crippen LogP contribution is 2.27. The van der Waals surface area contributed by atoms with Crippen molar-refractivity contribution in [3.63, 3.8) is 0 Å². The van der Waals surface area contributed by atoms with Crippen molar-refractivity contribution in [2.24, 2.45) is 0 Å². The number of nitro benzene ring substituents is 1. The van der Waals surface area contributed by atoms with Gasteiger partial charge in [0.05, 0.1) is 21.3 Å². The van der Waals surface area contributed by atoms with E-state index in [2.05, 4.69) is 26.2 Å². The van der Waals surface area contributed by atoms with Crippen LogP contribution in [-0.4, -0.2) is 15.8 Å². The summed E-state index contributed by atoms with van der Waals surface area (Å²) in [5.41, 5.74) is 6.49. The summed E-state index contributed by atoms with van der Waals surface area (Å²) in [6.45, 7) is 0. The molecule has 102 valence electrons. The van der Waals surface area contributed by atoms with Gasteiger partial charge in [0, 0.05) is 11.8 Å². The molecule has 0 spiro atoms. The second-order valence-electron chi connectivity index (χ2n) is 3.85. The summed E-state index contributed by atoms with van der Waals surface area (Å²) in [5, 5.41) is 13.3. The van der Waals surface area contributed by atoms with Crippen LogP contribution in [0.5, 0.6) is 0 Å². The Labute approximate surface area is 122 Å². The molecular formula is C12H9BrN4O3. The van der Waals surface area contributed by atoms with Gasteiger partial charge in [0.15, 0.2) is 0 Å². The smallest absolute Gasteiger partial charge is 0.283 e. The maximum absolute atomic E-state index is 11.9. The largest absolute Gasteiger partial charge is 0.397 e. The number of pyridine rings is 1. The second kappa shape index (κ2) is 5.66. The number of nitro groups is 1. The predicted molar refractivity (Wildman–Crippen MR) is 77.4 cm³/mol. The molecule has 1 amide bonds. The first kappa shape index (κ1) is 13.9. The average Bonchev–Trinajstić information content (AvgIpc) is 2.39. The molecule has 0 unspecified atom stereocenters. The van der Waals surface area contributed by atoms with E-state index in [1.807, 2.05) is 0 Å². The summed E-state index contributed by atoms with van der Waals surface area (Å²) in [4.78, 5) is 25.9. The van der Waals surface area contributed by atoms with Crippen LogP contribution in [0, 0.1) is 10.1 Å². The summed E-state index contributed by atoms with van der Waals surface area (Å²) in [5.74, 6) is -0.425. The molecule has 2 rings (SSSR count). The lowest BCUT2D eigenvalue weighted by atomic mass is 10.2. The van der Waals surface area contributed by atoms with E-state index >= 15 is 0 Å². The summed E-state index contributed by atoms with van der Waals surface area (Å²) >= 11 is 3.08. The average molecular weight is 337 g/mol. The van der Waals surface area contributed by atoms with Gasteiger partial charge in [-0.3, -0.25) is 14.9 Å². The van der Waals surface area contributed by atoms with Crippen molar-refractivity contribution in [1.29, 1.82) is 0 Å². The zero-order valence-electron chi connectivity index (χ0n) is 10.0. The number of nitrogens with one attached hydrogen (secondary N) is 1. The Kier molecular flexibility index (Phi) is 3.94. The van der Waals surface area contributed by atoms with Crippen molar-refractivity contribution in [3.05, 3.63) is 56.8 Å². The Hall–Kier alpha value is -2.48. The minimum atomic E-state index is -0.517. The van der Waals surface area contributed by atoms with Gasteiger partial charge in [0.2, 0.25) is 0 Å². The van der Waals surface area contributed by atoms with Crippen LogP contribution in [0.1, 0.15) is 10.5 Å². The third-order valence-electron chi connectivity index (χ3n) is 2.42. The van der Waals surface area contributed by atoms with Crippen LogP contribution in [0.25, 0.3) is 0 Å². The number of nitrogen functional groups attached to an aromatic ring is 1. The Morgan fingerprint density at radius 3 is 2.65 bits per heavy atom. The van der Waals surface area contributed by atoms with E-state index < -0.39 is 10.8 Å². The number of benzene rings is 1. The lowest BCUT2D eigenvalue weighted by Gasteiger charge is -2.05. The summed E-state index contributed by atoms with van der Waals surface area (Å²) in [6.07, 6.45) is 1.38. The van der Waals surface area contributed by atoms with Crippen molar-refractivity contribution >= 4 is 38.9 Å². The van der Waals surface area contributed by atoms with Crippen molar-refractivity contribution in [1.82, 2.24) is 4.98 Å². The molecule has 0 aliphatic heterocycles. The standard InChI is InChI=1S/C12H9BrN4O3/c13-9-5-8(2-4-11(9)17(19)20)16-12(18)10-3-1-7(14)6-15-10/h1-6H,14H2,(H,16,18). The first-order valence-corrected chi connectivity index (χ1v) is 6.23. The van der Waals surface area contributed by atoms with Crippen LogP contribution >= 0.6 is 15.9 Å². The van der Waals surface area contributed by atoms with E-state index in [9.17, 15) is 14.9 Å². The molecular weight excluding hydrogens is 328 g/mol. The Balaban J connectivity index is 2.18. The highest BCUT2D eigenvalue weighted by Gasteiger charge is 2.13. The van der Waals surface area contributed by atoms with Crippen molar-refractivity contribution in [2.75, 3.05) is 11.1 Å². The fourth-order valence-electron chi connectivity index (χ4n) is 1.47. The third kappa shape index (κ3) is 3.09. The van der Waals surface area contributed by atoms with Crippen LogP contribution in [-0.2, 0) is 0 Å². The third-order valence-corrected chi connectivity index (χ3v) is 3.06. The van der Waals surface area contributed by atoms with E-state index in [0.29, 0.717) is 11.4 Å². The molecule has 8 heteroatoms. The van der Waals surface area contributed by atoms with E-state index in [0.717, 1.165) is 0 Å². The summed E-state index contributed by atoms with van der Waals surface area (Å²) in [7, 11) is 0. The van der Waals surface area contributed by atoms with Gasteiger partial charge in [0.1, 0.15) is 5.69 Å². The normalized spacial score (nSPS) is 10.1. The number of hydrogen-bond donors (Lipinski definition) is 2. The SMILES string of the molecule is Nc1ccc(C(=O)Nc2ccc([N+](=O)[O-])c(Br)c2)nc1. The summed E-state index contributed by atoms with van der Waals surface area (Å²) < 4.78 is 0.283. The number of anilines is 2. The van der Waals surface area contributed by atoms with E-state index in [4.69, 9.17) is 5.73 Å². The number of rotatable bonds is 3. The zero-order valence-corrected chi connectivity index (χ0v) is 11.6. The molecule has 0 atom stereocenters. The van der Waals surface area contributed by atoms with E-state index in [1.54, 1.807) is 6.07 Å². The molecule has 7 nitrogen and oxygen atoms in total. The molecule has 20 heavy (non-hydrogen) atoms.